The number of nitriles is 1. The van der Waals surface area contributed by atoms with E-state index in [4.69, 9.17) is 21.1 Å². The van der Waals surface area contributed by atoms with Gasteiger partial charge in [-0.25, -0.2) is 14.5 Å². The molecule has 1 atom stereocenters. The fraction of sp³-hybridized carbons (Fsp3) is 0.286. The number of hydrogen-bond donors (Lipinski definition) is 1. The first-order valence-corrected chi connectivity index (χ1v) is 12.6. The van der Waals surface area contributed by atoms with Gasteiger partial charge < -0.3 is 19.1 Å². The number of rotatable bonds is 9. The molecule has 40 heavy (non-hydrogen) atoms. The molecule has 206 valence electrons. The highest BCUT2D eigenvalue weighted by atomic mass is 35.5. The molecule has 0 spiro atoms. The highest BCUT2D eigenvalue weighted by Crippen LogP contribution is 2.38. The summed E-state index contributed by atoms with van der Waals surface area (Å²) < 4.78 is 13.4. The number of hydrogen-bond acceptors (Lipinski definition) is 8. The summed E-state index contributed by atoms with van der Waals surface area (Å²) >= 11 is 6.30. The summed E-state index contributed by atoms with van der Waals surface area (Å²) in [5.74, 6) is -1.98. The minimum absolute atomic E-state index is 0.0739. The molecule has 0 saturated carbocycles. The van der Waals surface area contributed by atoms with E-state index < -0.39 is 11.9 Å². The number of methoxy groups -OCH3 is 2. The molecule has 0 aliphatic heterocycles. The van der Waals surface area contributed by atoms with Gasteiger partial charge in [-0.05, 0) is 36.1 Å². The number of benzene rings is 1. The minimum atomic E-state index is -1.25. The third kappa shape index (κ3) is 5.39. The molecule has 0 fully saturated rings. The van der Waals surface area contributed by atoms with Crippen LogP contribution in [-0.4, -0.2) is 49.6 Å². The largest absolute Gasteiger partial charge is 0.479 e. The van der Waals surface area contributed by atoms with Crippen molar-refractivity contribution in [2.75, 3.05) is 14.2 Å². The van der Waals surface area contributed by atoms with Gasteiger partial charge in [0.25, 0.3) is 5.56 Å². The zero-order valence-corrected chi connectivity index (χ0v) is 23.3. The van der Waals surface area contributed by atoms with Crippen molar-refractivity contribution in [2.24, 2.45) is 7.05 Å². The van der Waals surface area contributed by atoms with Crippen LogP contribution in [0, 0.1) is 11.3 Å². The Bertz CT molecular complexity index is 1670. The zero-order valence-electron chi connectivity index (χ0n) is 22.5. The van der Waals surface area contributed by atoms with Crippen LogP contribution in [0.15, 0.2) is 47.5 Å². The second-order valence-corrected chi connectivity index (χ2v) is 9.80. The summed E-state index contributed by atoms with van der Waals surface area (Å²) in [6.45, 7) is 3.82. The highest BCUT2D eigenvalue weighted by Gasteiger charge is 2.33. The monoisotopic (exact) mass is 562 g/mol. The van der Waals surface area contributed by atoms with Crippen molar-refractivity contribution >= 4 is 17.6 Å². The fourth-order valence-electron chi connectivity index (χ4n) is 4.70. The number of aromatic nitrogens is 5. The lowest BCUT2D eigenvalue weighted by molar-refractivity contribution is 0.0688. The van der Waals surface area contributed by atoms with Gasteiger partial charge in [0.15, 0.2) is 5.69 Å². The molecular weight excluding hydrogens is 536 g/mol. The summed E-state index contributed by atoms with van der Waals surface area (Å²) in [5, 5.41) is 24.5. The molecule has 1 unspecified atom stereocenters. The van der Waals surface area contributed by atoms with Gasteiger partial charge in [-0.15, -0.1) is 0 Å². The summed E-state index contributed by atoms with van der Waals surface area (Å²) in [4.78, 5) is 34.2. The van der Waals surface area contributed by atoms with E-state index >= 15 is 0 Å². The zero-order chi connectivity index (χ0) is 29.1. The molecule has 4 aromatic rings. The Balaban J connectivity index is 2.05. The standard InChI is InChI=1S/C28H27ClN6O5/c1-15(2)24-22(23(27(37)38)33-35(24)21-13-31-28(40-5)32-25(21)39-4)20(17-8-6-16(12-30)7-9-17)11-18-10-19(29)14-34(3)26(18)36/h6-10,13-15,20H,11H2,1-5H3,(H,37,38). The third-order valence-electron chi connectivity index (χ3n) is 6.47. The molecule has 1 N–H and O–H groups in total. The second kappa shape index (κ2) is 11.6. The SMILES string of the molecule is COc1ncc(-n2nc(C(=O)O)c(C(Cc3cc(Cl)cn(C)c3=O)c3ccc(C#N)cc3)c2C(C)C)c(OC)n1. The Morgan fingerprint density at radius 3 is 2.48 bits per heavy atom. The lowest BCUT2D eigenvalue weighted by Crippen LogP contribution is -2.23. The number of carboxylic acids is 1. The van der Waals surface area contributed by atoms with Gasteiger partial charge in [0.2, 0.25) is 5.88 Å². The first-order chi connectivity index (χ1) is 19.1. The average molecular weight is 563 g/mol. The second-order valence-electron chi connectivity index (χ2n) is 9.36. The molecule has 3 aromatic heterocycles. The van der Waals surface area contributed by atoms with Crippen LogP contribution in [0.4, 0.5) is 0 Å². The number of carboxylic acid groups (broad SMARTS) is 1. The molecular formula is C28H27ClN6O5. The van der Waals surface area contributed by atoms with Crippen LogP contribution in [0.3, 0.4) is 0 Å². The van der Waals surface area contributed by atoms with Crippen molar-refractivity contribution < 1.29 is 19.4 Å². The number of halogens is 1. The van der Waals surface area contributed by atoms with Crippen LogP contribution in [0.1, 0.15) is 64.1 Å². The maximum atomic E-state index is 13.1. The van der Waals surface area contributed by atoms with Gasteiger partial charge in [0.1, 0.15) is 5.69 Å². The van der Waals surface area contributed by atoms with Crippen molar-refractivity contribution in [3.05, 3.63) is 91.7 Å². The van der Waals surface area contributed by atoms with Gasteiger partial charge in [-0.1, -0.05) is 37.6 Å². The minimum Gasteiger partial charge on any atom is -0.479 e. The quantitative estimate of drug-likeness (QED) is 0.318. The molecule has 0 aliphatic rings. The van der Waals surface area contributed by atoms with Gasteiger partial charge in [0.05, 0.1) is 42.8 Å². The number of aromatic carboxylic acids is 1. The smallest absolute Gasteiger partial charge is 0.356 e. The van der Waals surface area contributed by atoms with E-state index in [1.807, 2.05) is 13.8 Å². The lowest BCUT2D eigenvalue weighted by atomic mass is 9.82. The topological polar surface area (TPSA) is 145 Å². The normalized spacial score (nSPS) is 11.8. The Morgan fingerprint density at radius 1 is 1.20 bits per heavy atom. The number of ether oxygens (including phenoxy) is 2. The molecule has 0 bridgehead atoms. The maximum Gasteiger partial charge on any atom is 0.356 e. The van der Waals surface area contributed by atoms with Gasteiger partial charge >= 0.3 is 12.0 Å². The molecule has 12 heteroatoms. The van der Waals surface area contributed by atoms with Crippen LogP contribution in [0.5, 0.6) is 11.9 Å². The molecule has 1 aromatic carbocycles. The summed E-state index contributed by atoms with van der Waals surface area (Å²) in [6, 6.07) is 10.6. The van der Waals surface area contributed by atoms with Crippen molar-refractivity contribution in [3.8, 4) is 23.6 Å². The van der Waals surface area contributed by atoms with Crippen LogP contribution in [-0.2, 0) is 13.5 Å². The summed E-state index contributed by atoms with van der Waals surface area (Å²) in [5.41, 5.74) is 2.37. The first-order valence-electron chi connectivity index (χ1n) is 12.3. The summed E-state index contributed by atoms with van der Waals surface area (Å²) in [6.07, 6.45) is 3.09. The maximum absolute atomic E-state index is 13.1. The molecule has 3 heterocycles. The molecule has 0 amide bonds. The van der Waals surface area contributed by atoms with Crippen molar-refractivity contribution in [2.45, 2.75) is 32.1 Å². The third-order valence-corrected chi connectivity index (χ3v) is 6.67. The van der Waals surface area contributed by atoms with E-state index in [1.54, 1.807) is 37.4 Å². The Labute approximate surface area is 235 Å². The van der Waals surface area contributed by atoms with E-state index in [-0.39, 0.29) is 35.5 Å². The Morgan fingerprint density at radius 2 is 1.90 bits per heavy atom. The fourth-order valence-corrected chi connectivity index (χ4v) is 4.98. The van der Waals surface area contributed by atoms with Crippen molar-refractivity contribution in [1.29, 1.82) is 5.26 Å². The van der Waals surface area contributed by atoms with Crippen LogP contribution in [0.2, 0.25) is 5.02 Å². The number of carbonyl (C=O) groups is 1. The van der Waals surface area contributed by atoms with Crippen molar-refractivity contribution in [1.82, 2.24) is 24.3 Å². The average Bonchev–Trinajstić information content (AvgIpc) is 3.34. The Kier molecular flexibility index (Phi) is 8.21. The molecule has 0 saturated heterocycles. The van der Waals surface area contributed by atoms with Crippen LogP contribution < -0.4 is 15.0 Å². The number of aryl methyl sites for hydroxylation is 1. The van der Waals surface area contributed by atoms with E-state index in [0.717, 1.165) is 0 Å². The Hall–Kier alpha value is -4.69. The van der Waals surface area contributed by atoms with Crippen LogP contribution >= 0.6 is 11.6 Å². The van der Waals surface area contributed by atoms with E-state index in [1.165, 1.54) is 35.9 Å². The molecule has 11 nitrogen and oxygen atoms in total. The van der Waals surface area contributed by atoms with E-state index in [0.29, 0.717) is 38.7 Å². The summed E-state index contributed by atoms with van der Waals surface area (Å²) in [7, 11) is 4.45. The van der Waals surface area contributed by atoms with E-state index in [9.17, 15) is 20.0 Å². The van der Waals surface area contributed by atoms with Gasteiger partial charge in [-0.3, -0.25) is 4.79 Å². The predicted molar refractivity (Wildman–Crippen MR) is 147 cm³/mol. The molecule has 0 aliphatic carbocycles. The lowest BCUT2D eigenvalue weighted by Gasteiger charge is -2.22. The molecule has 0 radical (unpaired) electrons. The predicted octanol–water partition coefficient (Wildman–Crippen LogP) is 4.10. The highest BCUT2D eigenvalue weighted by molar-refractivity contribution is 6.30. The van der Waals surface area contributed by atoms with Crippen molar-refractivity contribution in [3.63, 3.8) is 0 Å². The van der Waals surface area contributed by atoms with E-state index in [2.05, 4.69) is 21.1 Å². The van der Waals surface area contributed by atoms with Crippen LogP contribution in [0.25, 0.3) is 5.69 Å². The number of pyridine rings is 1. The first kappa shape index (κ1) is 28.3. The number of nitrogens with zero attached hydrogens (tertiary/aromatic N) is 6. The van der Waals surface area contributed by atoms with Gasteiger partial charge in [0, 0.05) is 30.3 Å². The van der Waals surface area contributed by atoms with Gasteiger partial charge in [-0.2, -0.15) is 15.3 Å². The molecule has 4 rings (SSSR count).